The molecule has 0 aliphatic carbocycles. The Labute approximate surface area is 129 Å². The van der Waals surface area contributed by atoms with Crippen LogP contribution in [0.15, 0.2) is 45.8 Å². The van der Waals surface area contributed by atoms with Crippen molar-refractivity contribution in [3.63, 3.8) is 0 Å². The van der Waals surface area contributed by atoms with Crippen LogP contribution in [-0.4, -0.2) is 8.42 Å². The second kappa shape index (κ2) is 5.71. The monoisotopic (exact) mass is 377 g/mol. The van der Waals surface area contributed by atoms with Gasteiger partial charge in [0.05, 0.1) is 21.4 Å². The van der Waals surface area contributed by atoms with E-state index in [0.29, 0.717) is 4.47 Å². The van der Waals surface area contributed by atoms with E-state index in [4.69, 9.17) is 17.3 Å². The SMILES string of the molecule is Nc1cc(Br)ccc1S(=O)(=O)Cc1cccc(F)c1Cl. The molecule has 2 N–H and O–H groups in total. The Morgan fingerprint density at radius 3 is 2.60 bits per heavy atom. The van der Waals surface area contributed by atoms with E-state index in [2.05, 4.69) is 15.9 Å². The van der Waals surface area contributed by atoms with Crippen LogP contribution in [0.4, 0.5) is 10.1 Å². The Morgan fingerprint density at radius 2 is 1.95 bits per heavy atom. The predicted molar refractivity (Wildman–Crippen MR) is 80.9 cm³/mol. The van der Waals surface area contributed by atoms with Crippen LogP contribution in [0.25, 0.3) is 0 Å². The van der Waals surface area contributed by atoms with E-state index < -0.39 is 21.4 Å². The van der Waals surface area contributed by atoms with Crippen LogP contribution >= 0.6 is 27.5 Å². The van der Waals surface area contributed by atoms with Gasteiger partial charge in [0.2, 0.25) is 0 Å². The predicted octanol–water partition coefficient (Wildman–Crippen LogP) is 3.80. The second-order valence-corrected chi connectivity index (χ2v) is 7.41. The van der Waals surface area contributed by atoms with Crippen LogP contribution < -0.4 is 5.73 Å². The summed E-state index contributed by atoms with van der Waals surface area (Å²) in [5.74, 6) is -1.06. The van der Waals surface area contributed by atoms with Crippen LogP contribution in [0.5, 0.6) is 0 Å². The van der Waals surface area contributed by atoms with Gasteiger partial charge in [0.1, 0.15) is 5.82 Å². The summed E-state index contributed by atoms with van der Waals surface area (Å²) in [5, 5.41) is -0.188. The van der Waals surface area contributed by atoms with Crippen molar-refractivity contribution < 1.29 is 12.8 Å². The van der Waals surface area contributed by atoms with Crippen molar-refractivity contribution in [2.45, 2.75) is 10.6 Å². The van der Waals surface area contributed by atoms with Crippen molar-refractivity contribution >= 4 is 43.1 Å². The Balaban J connectivity index is 2.44. The van der Waals surface area contributed by atoms with Crippen molar-refractivity contribution in [1.29, 1.82) is 0 Å². The van der Waals surface area contributed by atoms with Gasteiger partial charge in [-0.25, -0.2) is 12.8 Å². The summed E-state index contributed by atoms with van der Waals surface area (Å²) in [5.41, 5.74) is 6.05. The first-order chi connectivity index (χ1) is 9.31. The number of nitrogen functional groups attached to an aromatic ring is 1. The Bertz CT molecular complexity index is 765. The maximum Gasteiger partial charge on any atom is 0.184 e. The molecule has 0 aliphatic rings. The molecule has 2 aromatic rings. The van der Waals surface area contributed by atoms with E-state index >= 15 is 0 Å². The number of nitrogens with two attached hydrogens (primary N) is 1. The van der Waals surface area contributed by atoms with E-state index in [0.717, 1.165) is 0 Å². The molecule has 2 rings (SSSR count). The molecule has 2 aromatic carbocycles. The summed E-state index contributed by atoms with van der Waals surface area (Å²) >= 11 is 8.98. The number of benzene rings is 2. The highest BCUT2D eigenvalue weighted by Gasteiger charge is 2.20. The molecule has 0 saturated carbocycles. The summed E-state index contributed by atoms with van der Waals surface area (Å²) in [4.78, 5) is 0.000952. The van der Waals surface area contributed by atoms with Gasteiger partial charge in [-0.05, 0) is 29.8 Å². The third kappa shape index (κ3) is 3.13. The molecule has 0 radical (unpaired) electrons. The normalized spacial score (nSPS) is 11.6. The quantitative estimate of drug-likeness (QED) is 0.827. The fraction of sp³-hybridized carbons (Fsp3) is 0.0769. The molecule has 0 heterocycles. The first-order valence-electron chi connectivity index (χ1n) is 5.52. The second-order valence-electron chi connectivity index (χ2n) is 4.15. The largest absolute Gasteiger partial charge is 0.398 e. The third-order valence-corrected chi connectivity index (χ3v) is 5.33. The minimum absolute atomic E-state index is 0.000952. The van der Waals surface area contributed by atoms with Gasteiger partial charge in [-0.2, -0.15) is 0 Å². The lowest BCUT2D eigenvalue weighted by molar-refractivity contribution is 0.595. The van der Waals surface area contributed by atoms with E-state index in [1.807, 2.05) is 0 Å². The zero-order valence-electron chi connectivity index (χ0n) is 10.1. The first-order valence-corrected chi connectivity index (χ1v) is 8.34. The molecule has 0 spiro atoms. The highest BCUT2D eigenvalue weighted by atomic mass is 79.9. The van der Waals surface area contributed by atoms with Crippen LogP contribution in [0, 0.1) is 5.82 Å². The molecule has 20 heavy (non-hydrogen) atoms. The Morgan fingerprint density at radius 1 is 1.25 bits per heavy atom. The minimum atomic E-state index is -3.70. The van der Waals surface area contributed by atoms with Crippen molar-refractivity contribution in [3.05, 3.63) is 57.3 Å². The zero-order chi connectivity index (χ0) is 14.9. The smallest absolute Gasteiger partial charge is 0.184 e. The summed E-state index contributed by atoms with van der Waals surface area (Å²) in [6.45, 7) is 0. The van der Waals surface area contributed by atoms with Gasteiger partial charge in [-0.1, -0.05) is 39.7 Å². The summed E-state index contributed by atoms with van der Waals surface area (Å²) in [7, 11) is -3.70. The van der Waals surface area contributed by atoms with Gasteiger partial charge in [0, 0.05) is 4.47 Å². The van der Waals surface area contributed by atoms with E-state index in [1.54, 1.807) is 6.07 Å². The van der Waals surface area contributed by atoms with Gasteiger partial charge in [-0.15, -0.1) is 0 Å². The topological polar surface area (TPSA) is 60.2 Å². The summed E-state index contributed by atoms with van der Waals surface area (Å²) in [6.07, 6.45) is 0. The number of sulfone groups is 1. The van der Waals surface area contributed by atoms with Crippen molar-refractivity contribution in [2.75, 3.05) is 5.73 Å². The average Bonchev–Trinajstić information content (AvgIpc) is 2.34. The fourth-order valence-corrected chi connectivity index (χ4v) is 3.89. The van der Waals surface area contributed by atoms with Crippen molar-refractivity contribution in [2.24, 2.45) is 0 Å². The molecular weight excluding hydrogens is 369 g/mol. The summed E-state index contributed by atoms with van der Waals surface area (Å²) in [6, 6.07) is 8.54. The number of anilines is 1. The van der Waals surface area contributed by atoms with Crippen LogP contribution in [-0.2, 0) is 15.6 Å². The lowest BCUT2D eigenvalue weighted by Gasteiger charge is -2.09. The fourth-order valence-electron chi connectivity index (χ4n) is 1.74. The van der Waals surface area contributed by atoms with Gasteiger partial charge >= 0.3 is 0 Å². The average molecular weight is 379 g/mol. The van der Waals surface area contributed by atoms with E-state index in [-0.39, 0.29) is 21.2 Å². The molecular formula is C13H10BrClFNO2S. The standard InChI is InChI=1S/C13H10BrClFNO2S/c14-9-4-5-12(11(17)6-9)20(18,19)7-8-2-1-3-10(16)13(8)15/h1-6H,7,17H2. The molecule has 3 nitrogen and oxygen atoms in total. The lowest BCUT2D eigenvalue weighted by atomic mass is 10.2. The Hall–Kier alpha value is -1.11. The van der Waals surface area contributed by atoms with E-state index in [9.17, 15) is 12.8 Å². The number of rotatable bonds is 3. The molecule has 0 aliphatic heterocycles. The molecule has 106 valence electrons. The molecule has 0 aromatic heterocycles. The molecule has 0 amide bonds. The molecule has 0 fully saturated rings. The van der Waals surface area contributed by atoms with E-state index in [1.165, 1.54) is 30.3 Å². The molecule has 0 unspecified atom stereocenters. The van der Waals surface area contributed by atoms with Gasteiger partial charge in [0.25, 0.3) is 0 Å². The molecule has 7 heteroatoms. The maximum absolute atomic E-state index is 13.3. The maximum atomic E-state index is 13.3. The highest BCUT2D eigenvalue weighted by molar-refractivity contribution is 9.10. The molecule has 0 atom stereocenters. The minimum Gasteiger partial charge on any atom is -0.398 e. The number of halogens is 3. The van der Waals surface area contributed by atoms with Gasteiger partial charge in [-0.3, -0.25) is 0 Å². The number of hydrogen-bond acceptors (Lipinski definition) is 3. The van der Waals surface area contributed by atoms with Crippen molar-refractivity contribution in [1.82, 2.24) is 0 Å². The zero-order valence-corrected chi connectivity index (χ0v) is 13.3. The first kappa shape index (κ1) is 15.3. The summed E-state index contributed by atoms with van der Waals surface area (Å²) < 4.78 is 38.7. The third-order valence-electron chi connectivity index (χ3n) is 2.68. The lowest BCUT2D eigenvalue weighted by Crippen LogP contribution is -2.08. The van der Waals surface area contributed by atoms with Gasteiger partial charge < -0.3 is 5.73 Å². The number of hydrogen-bond donors (Lipinski definition) is 1. The van der Waals surface area contributed by atoms with Crippen LogP contribution in [0.2, 0.25) is 5.02 Å². The van der Waals surface area contributed by atoms with Crippen LogP contribution in [0.1, 0.15) is 5.56 Å². The van der Waals surface area contributed by atoms with Crippen molar-refractivity contribution in [3.8, 4) is 0 Å². The Kier molecular flexibility index (Phi) is 4.36. The molecule has 0 bridgehead atoms. The molecule has 0 saturated heterocycles. The highest BCUT2D eigenvalue weighted by Crippen LogP contribution is 2.28. The van der Waals surface area contributed by atoms with Crippen LogP contribution in [0.3, 0.4) is 0 Å². The van der Waals surface area contributed by atoms with Gasteiger partial charge in [0.15, 0.2) is 9.84 Å².